The predicted octanol–water partition coefficient (Wildman–Crippen LogP) is 4.02. The lowest BCUT2D eigenvalue weighted by Gasteiger charge is -2.07. The van der Waals surface area contributed by atoms with Gasteiger partial charge in [0.25, 0.3) is 0 Å². The van der Waals surface area contributed by atoms with Gasteiger partial charge in [-0.1, -0.05) is 58.3 Å². The van der Waals surface area contributed by atoms with Gasteiger partial charge >= 0.3 is 0 Å². The van der Waals surface area contributed by atoms with Crippen LogP contribution in [0.4, 0.5) is 0 Å². The van der Waals surface area contributed by atoms with Crippen LogP contribution in [0.2, 0.25) is 0 Å². The number of aromatic nitrogens is 2. The van der Waals surface area contributed by atoms with Gasteiger partial charge in [-0.3, -0.25) is 4.68 Å². The molecule has 0 aliphatic carbocycles. The van der Waals surface area contributed by atoms with Crippen LogP contribution in [0.25, 0.3) is 0 Å². The Morgan fingerprint density at radius 3 is 2.09 bits per heavy atom. The van der Waals surface area contributed by atoms with Crippen molar-refractivity contribution < 1.29 is 8.42 Å². The molecule has 0 aromatic carbocycles. The SMILES string of the molecule is CCCCCCCCCCCNS(=O)(=O)c1cnn(CC)c1C. The summed E-state index contributed by atoms with van der Waals surface area (Å²) in [5.41, 5.74) is 0.701. The highest BCUT2D eigenvalue weighted by molar-refractivity contribution is 7.89. The second-order valence-corrected chi connectivity index (χ2v) is 7.87. The molecule has 1 heterocycles. The Balaban J connectivity index is 2.18. The first-order valence-electron chi connectivity index (χ1n) is 9.05. The molecule has 6 heteroatoms. The van der Waals surface area contributed by atoms with E-state index in [0.29, 0.717) is 23.7 Å². The van der Waals surface area contributed by atoms with E-state index < -0.39 is 10.0 Å². The third-order valence-electron chi connectivity index (χ3n) is 4.22. The standard InChI is InChI=1S/C17H33N3O2S/c1-4-6-7-8-9-10-11-12-13-14-19-23(21,22)17-15-18-20(5-2)16(17)3/h15,19H,4-14H2,1-3H3. The quantitative estimate of drug-likeness (QED) is 0.550. The summed E-state index contributed by atoms with van der Waals surface area (Å²) < 4.78 is 28.9. The van der Waals surface area contributed by atoms with Crippen LogP contribution in [-0.4, -0.2) is 24.7 Å². The first-order chi connectivity index (χ1) is 11.0. The summed E-state index contributed by atoms with van der Waals surface area (Å²) in [6.45, 7) is 7.17. The lowest BCUT2D eigenvalue weighted by Crippen LogP contribution is -2.25. The van der Waals surface area contributed by atoms with E-state index in [1.807, 2.05) is 6.92 Å². The lowest BCUT2D eigenvalue weighted by atomic mass is 10.1. The van der Waals surface area contributed by atoms with Gasteiger partial charge in [0.05, 0.1) is 11.9 Å². The van der Waals surface area contributed by atoms with E-state index in [1.54, 1.807) is 11.6 Å². The fraction of sp³-hybridized carbons (Fsp3) is 0.824. The van der Waals surface area contributed by atoms with Gasteiger partial charge in [-0.25, -0.2) is 13.1 Å². The Kier molecular flexibility index (Phi) is 9.48. The van der Waals surface area contributed by atoms with Crippen molar-refractivity contribution in [1.82, 2.24) is 14.5 Å². The number of rotatable bonds is 13. The number of hydrogen-bond donors (Lipinski definition) is 1. The van der Waals surface area contributed by atoms with Gasteiger partial charge in [0, 0.05) is 13.1 Å². The monoisotopic (exact) mass is 343 g/mol. The van der Waals surface area contributed by atoms with Gasteiger partial charge in [-0.2, -0.15) is 5.10 Å². The molecule has 1 rings (SSSR count). The summed E-state index contributed by atoms with van der Waals surface area (Å²) >= 11 is 0. The highest BCUT2D eigenvalue weighted by atomic mass is 32.2. The minimum Gasteiger partial charge on any atom is -0.269 e. The van der Waals surface area contributed by atoms with Crippen molar-refractivity contribution in [2.75, 3.05) is 6.54 Å². The van der Waals surface area contributed by atoms with Gasteiger partial charge in [0.2, 0.25) is 10.0 Å². The zero-order chi connectivity index (χ0) is 17.1. The van der Waals surface area contributed by atoms with Crippen LogP contribution in [0.1, 0.15) is 77.3 Å². The summed E-state index contributed by atoms with van der Waals surface area (Å²) in [6, 6.07) is 0. The van der Waals surface area contributed by atoms with E-state index in [2.05, 4.69) is 16.7 Å². The van der Waals surface area contributed by atoms with E-state index in [1.165, 1.54) is 51.1 Å². The normalized spacial score (nSPS) is 12.0. The van der Waals surface area contributed by atoms with Crippen molar-refractivity contribution in [1.29, 1.82) is 0 Å². The Bertz CT molecular complexity index is 538. The minimum atomic E-state index is -3.42. The van der Waals surface area contributed by atoms with Gasteiger partial charge in [0.1, 0.15) is 4.90 Å². The summed E-state index contributed by atoms with van der Waals surface area (Å²) in [5.74, 6) is 0. The van der Waals surface area contributed by atoms with E-state index in [-0.39, 0.29) is 0 Å². The van der Waals surface area contributed by atoms with Crippen molar-refractivity contribution in [3.8, 4) is 0 Å². The van der Waals surface area contributed by atoms with Crippen molar-refractivity contribution in [3.05, 3.63) is 11.9 Å². The third-order valence-corrected chi connectivity index (χ3v) is 5.78. The molecular formula is C17H33N3O2S. The second kappa shape index (κ2) is 10.8. The Morgan fingerprint density at radius 2 is 1.57 bits per heavy atom. The third kappa shape index (κ3) is 7.04. The Hall–Kier alpha value is -0.880. The molecule has 0 unspecified atom stereocenters. The van der Waals surface area contributed by atoms with Crippen molar-refractivity contribution in [2.24, 2.45) is 0 Å². The first-order valence-corrected chi connectivity index (χ1v) is 10.5. The average Bonchev–Trinajstić information content (AvgIpc) is 2.90. The zero-order valence-electron chi connectivity index (χ0n) is 15.0. The van der Waals surface area contributed by atoms with Crippen LogP contribution in [-0.2, 0) is 16.6 Å². The molecule has 0 aliphatic rings. The van der Waals surface area contributed by atoms with Crippen molar-refractivity contribution in [2.45, 2.75) is 90.0 Å². The zero-order valence-corrected chi connectivity index (χ0v) is 15.8. The first kappa shape index (κ1) is 20.2. The fourth-order valence-corrected chi connectivity index (χ4v) is 3.98. The molecular weight excluding hydrogens is 310 g/mol. The van der Waals surface area contributed by atoms with E-state index in [0.717, 1.165) is 12.8 Å². The molecule has 5 nitrogen and oxygen atoms in total. The predicted molar refractivity (Wildman–Crippen MR) is 95.1 cm³/mol. The maximum absolute atomic E-state index is 12.3. The maximum Gasteiger partial charge on any atom is 0.243 e. The molecule has 0 saturated heterocycles. The minimum absolute atomic E-state index is 0.301. The van der Waals surface area contributed by atoms with Gasteiger partial charge in [-0.05, 0) is 20.3 Å². The topological polar surface area (TPSA) is 64.0 Å². The number of nitrogens with one attached hydrogen (secondary N) is 1. The molecule has 0 aliphatic heterocycles. The molecule has 0 fully saturated rings. The number of aryl methyl sites for hydroxylation is 1. The second-order valence-electron chi connectivity index (χ2n) is 6.14. The largest absolute Gasteiger partial charge is 0.269 e. The molecule has 0 bridgehead atoms. The molecule has 134 valence electrons. The van der Waals surface area contributed by atoms with Crippen LogP contribution in [0.3, 0.4) is 0 Å². The summed E-state index contributed by atoms with van der Waals surface area (Å²) in [7, 11) is -3.42. The van der Waals surface area contributed by atoms with E-state index >= 15 is 0 Å². The van der Waals surface area contributed by atoms with Crippen LogP contribution in [0.15, 0.2) is 11.1 Å². The highest BCUT2D eigenvalue weighted by Gasteiger charge is 2.19. The Morgan fingerprint density at radius 1 is 1.00 bits per heavy atom. The fourth-order valence-electron chi connectivity index (χ4n) is 2.73. The summed E-state index contributed by atoms with van der Waals surface area (Å²) in [5, 5.41) is 4.10. The van der Waals surface area contributed by atoms with Crippen molar-refractivity contribution >= 4 is 10.0 Å². The van der Waals surface area contributed by atoms with Crippen LogP contribution in [0.5, 0.6) is 0 Å². The molecule has 1 aromatic heterocycles. The number of hydrogen-bond acceptors (Lipinski definition) is 3. The molecule has 23 heavy (non-hydrogen) atoms. The van der Waals surface area contributed by atoms with Crippen LogP contribution >= 0.6 is 0 Å². The van der Waals surface area contributed by atoms with E-state index in [9.17, 15) is 8.42 Å². The summed E-state index contributed by atoms with van der Waals surface area (Å²) in [6.07, 6.45) is 12.5. The molecule has 0 atom stereocenters. The number of unbranched alkanes of at least 4 members (excludes halogenated alkanes) is 8. The smallest absolute Gasteiger partial charge is 0.243 e. The van der Waals surface area contributed by atoms with E-state index in [4.69, 9.17) is 0 Å². The molecule has 1 aromatic rings. The van der Waals surface area contributed by atoms with Crippen molar-refractivity contribution in [3.63, 3.8) is 0 Å². The number of sulfonamides is 1. The van der Waals surface area contributed by atoms with Gasteiger partial charge in [0.15, 0.2) is 0 Å². The lowest BCUT2D eigenvalue weighted by molar-refractivity contribution is 0.553. The maximum atomic E-state index is 12.3. The van der Waals surface area contributed by atoms with Crippen LogP contribution < -0.4 is 4.72 Å². The van der Waals surface area contributed by atoms with Crippen LogP contribution in [0, 0.1) is 6.92 Å². The molecule has 1 N–H and O–H groups in total. The molecule has 0 saturated carbocycles. The number of nitrogens with zero attached hydrogens (tertiary/aromatic N) is 2. The average molecular weight is 344 g/mol. The highest BCUT2D eigenvalue weighted by Crippen LogP contribution is 2.14. The molecule has 0 spiro atoms. The van der Waals surface area contributed by atoms with Gasteiger partial charge in [-0.15, -0.1) is 0 Å². The molecule has 0 amide bonds. The summed E-state index contributed by atoms with van der Waals surface area (Å²) in [4.78, 5) is 0.301. The van der Waals surface area contributed by atoms with Gasteiger partial charge < -0.3 is 0 Å². The Labute approximate surface area is 141 Å². The molecule has 0 radical (unpaired) electrons.